The lowest BCUT2D eigenvalue weighted by Gasteiger charge is -2.15. The first kappa shape index (κ1) is 15.3. The molecule has 0 saturated carbocycles. The van der Waals surface area contributed by atoms with E-state index in [2.05, 4.69) is 4.72 Å². The first-order valence-corrected chi connectivity index (χ1v) is 8.43. The molecule has 20 heavy (non-hydrogen) atoms. The van der Waals surface area contributed by atoms with Gasteiger partial charge in [0.2, 0.25) is 0 Å². The minimum Gasteiger partial charge on any atom is -0.497 e. The molecule has 112 valence electrons. The van der Waals surface area contributed by atoms with Gasteiger partial charge >= 0.3 is 0 Å². The van der Waals surface area contributed by atoms with Crippen LogP contribution in [0.2, 0.25) is 0 Å². The second kappa shape index (κ2) is 7.06. The Balaban J connectivity index is 1.75. The van der Waals surface area contributed by atoms with Gasteiger partial charge in [0.1, 0.15) is 5.75 Å². The highest BCUT2D eigenvalue weighted by molar-refractivity contribution is 7.87. The first-order valence-electron chi connectivity index (χ1n) is 6.99. The summed E-state index contributed by atoms with van der Waals surface area (Å²) in [4.78, 5) is 0. The van der Waals surface area contributed by atoms with E-state index in [0.717, 1.165) is 37.0 Å². The highest BCUT2D eigenvalue weighted by Crippen LogP contribution is 2.14. The monoisotopic (exact) mass is 298 g/mol. The Hall–Kier alpha value is -1.11. The molecule has 0 aliphatic carbocycles. The number of hydrogen-bond acceptors (Lipinski definition) is 3. The number of nitrogens with zero attached hydrogens (tertiary/aromatic N) is 1. The van der Waals surface area contributed by atoms with Gasteiger partial charge in [0.25, 0.3) is 10.2 Å². The summed E-state index contributed by atoms with van der Waals surface area (Å²) in [5, 5.41) is 0. The summed E-state index contributed by atoms with van der Waals surface area (Å²) in [6.07, 6.45) is 3.54. The van der Waals surface area contributed by atoms with Crippen LogP contribution < -0.4 is 9.46 Å². The summed E-state index contributed by atoms with van der Waals surface area (Å²) >= 11 is 0. The number of methoxy groups -OCH3 is 1. The molecule has 0 spiro atoms. The van der Waals surface area contributed by atoms with Crippen LogP contribution in [0.25, 0.3) is 0 Å². The molecule has 0 bridgehead atoms. The van der Waals surface area contributed by atoms with Crippen LogP contribution in [0.15, 0.2) is 24.3 Å². The van der Waals surface area contributed by atoms with Crippen molar-refractivity contribution in [3.8, 4) is 5.75 Å². The van der Waals surface area contributed by atoms with E-state index < -0.39 is 10.2 Å². The van der Waals surface area contributed by atoms with Gasteiger partial charge in [0.05, 0.1) is 7.11 Å². The Morgan fingerprint density at radius 2 is 2.05 bits per heavy atom. The second-order valence-electron chi connectivity index (χ2n) is 4.96. The van der Waals surface area contributed by atoms with Crippen LogP contribution >= 0.6 is 0 Å². The number of benzene rings is 1. The van der Waals surface area contributed by atoms with Crippen LogP contribution in [-0.2, 0) is 16.6 Å². The van der Waals surface area contributed by atoms with E-state index in [9.17, 15) is 8.42 Å². The highest BCUT2D eigenvalue weighted by Gasteiger charge is 2.24. The zero-order chi connectivity index (χ0) is 14.4. The van der Waals surface area contributed by atoms with E-state index in [1.54, 1.807) is 7.11 Å². The Morgan fingerprint density at radius 3 is 2.75 bits per heavy atom. The van der Waals surface area contributed by atoms with Crippen molar-refractivity contribution in [2.45, 2.75) is 25.7 Å². The van der Waals surface area contributed by atoms with Gasteiger partial charge in [0, 0.05) is 19.6 Å². The lowest BCUT2D eigenvalue weighted by atomic mass is 10.1. The van der Waals surface area contributed by atoms with E-state index in [1.165, 1.54) is 4.31 Å². The number of hydrogen-bond donors (Lipinski definition) is 1. The molecule has 0 atom stereocenters. The lowest BCUT2D eigenvalue weighted by molar-refractivity contribution is 0.414. The average molecular weight is 298 g/mol. The molecule has 1 aliphatic heterocycles. The molecule has 0 aromatic heterocycles. The van der Waals surface area contributed by atoms with Crippen molar-refractivity contribution < 1.29 is 13.2 Å². The van der Waals surface area contributed by atoms with Crippen LogP contribution in [0.3, 0.4) is 0 Å². The van der Waals surface area contributed by atoms with Gasteiger partial charge in [-0.1, -0.05) is 12.1 Å². The van der Waals surface area contributed by atoms with Crippen molar-refractivity contribution >= 4 is 10.2 Å². The van der Waals surface area contributed by atoms with Crippen LogP contribution in [0.5, 0.6) is 5.75 Å². The minimum absolute atomic E-state index is 0.468. The fourth-order valence-corrected chi connectivity index (χ4v) is 3.67. The number of ether oxygens (including phenoxy) is 1. The van der Waals surface area contributed by atoms with Crippen LogP contribution in [0.1, 0.15) is 24.8 Å². The van der Waals surface area contributed by atoms with Gasteiger partial charge in [-0.3, -0.25) is 0 Å². The SMILES string of the molecule is COc1cccc(CCCNS(=O)(=O)N2CCCC2)c1. The summed E-state index contributed by atoms with van der Waals surface area (Å²) < 4.78 is 33.2. The molecular formula is C14H22N2O3S. The quantitative estimate of drug-likeness (QED) is 0.777. The highest BCUT2D eigenvalue weighted by atomic mass is 32.2. The summed E-state index contributed by atoms with van der Waals surface area (Å²) in [5.41, 5.74) is 1.16. The summed E-state index contributed by atoms with van der Waals surface area (Å²) in [7, 11) is -1.63. The molecule has 1 aromatic carbocycles. The molecule has 0 amide bonds. The van der Waals surface area contributed by atoms with Crippen molar-refractivity contribution in [2.24, 2.45) is 0 Å². The standard InChI is InChI=1S/C14H22N2O3S/c1-19-14-8-4-6-13(12-14)7-5-9-15-20(17,18)16-10-2-3-11-16/h4,6,8,12,15H,2-3,5,7,9-11H2,1H3. The fraction of sp³-hybridized carbons (Fsp3) is 0.571. The van der Waals surface area contributed by atoms with Gasteiger partial charge in [0.15, 0.2) is 0 Å². The molecule has 1 fully saturated rings. The van der Waals surface area contributed by atoms with Crippen LogP contribution in [0, 0.1) is 0 Å². The van der Waals surface area contributed by atoms with Crippen molar-refractivity contribution in [3.05, 3.63) is 29.8 Å². The number of rotatable bonds is 7. The van der Waals surface area contributed by atoms with Gasteiger partial charge in [-0.2, -0.15) is 12.7 Å². The average Bonchev–Trinajstić information content (AvgIpc) is 2.99. The number of nitrogens with one attached hydrogen (secondary N) is 1. The molecule has 1 N–H and O–H groups in total. The third-order valence-corrected chi connectivity index (χ3v) is 5.08. The maximum atomic E-state index is 11.9. The van der Waals surface area contributed by atoms with E-state index >= 15 is 0 Å². The predicted molar refractivity (Wildman–Crippen MR) is 79.0 cm³/mol. The Kier molecular flexibility index (Phi) is 5.39. The Bertz CT molecular complexity index is 525. The summed E-state index contributed by atoms with van der Waals surface area (Å²) in [6.45, 7) is 1.76. The van der Waals surface area contributed by atoms with Gasteiger partial charge < -0.3 is 4.74 Å². The Labute approximate surface area is 121 Å². The Morgan fingerprint density at radius 1 is 1.30 bits per heavy atom. The van der Waals surface area contributed by atoms with Crippen molar-refractivity contribution in [1.29, 1.82) is 0 Å². The normalized spacial score (nSPS) is 16.4. The third-order valence-electron chi connectivity index (χ3n) is 3.47. The zero-order valence-electron chi connectivity index (χ0n) is 11.8. The zero-order valence-corrected chi connectivity index (χ0v) is 12.7. The first-order chi connectivity index (χ1) is 9.62. The third kappa shape index (κ3) is 4.19. The van der Waals surface area contributed by atoms with Gasteiger partial charge in [-0.15, -0.1) is 0 Å². The van der Waals surface area contributed by atoms with Crippen molar-refractivity contribution in [2.75, 3.05) is 26.7 Å². The fourth-order valence-electron chi connectivity index (χ4n) is 2.34. The van der Waals surface area contributed by atoms with Crippen molar-refractivity contribution in [1.82, 2.24) is 9.03 Å². The molecule has 1 aromatic rings. The van der Waals surface area contributed by atoms with Crippen LogP contribution in [-0.4, -0.2) is 39.5 Å². The predicted octanol–water partition coefficient (Wildman–Crippen LogP) is 1.56. The van der Waals surface area contributed by atoms with E-state index in [4.69, 9.17) is 4.74 Å². The molecule has 5 nitrogen and oxygen atoms in total. The maximum Gasteiger partial charge on any atom is 0.279 e. The van der Waals surface area contributed by atoms with Gasteiger partial charge in [-0.05, 0) is 43.4 Å². The molecular weight excluding hydrogens is 276 g/mol. The molecule has 0 radical (unpaired) electrons. The smallest absolute Gasteiger partial charge is 0.279 e. The molecule has 1 saturated heterocycles. The topological polar surface area (TPSA) is 58.6 Å². The molecule has 1 aliphatic rings. The van der Waals surface area contributed by atoms with E-state index in [-0.39, 0.29) is 0 Å². The largest absolute Gasteiger partial charge is 0.497 e. The minimum atomic E-state index is -3.27. The van der Waals surface area contributed by atoms with Crippen molar-refractivity contribution in [3.63, 3.8) is 0 Å². The summed E-state index contributed by atoms with van der Waals surface area (Å²) in [5.74, 6) is 0.833. The molecule has 1 heterocycles. The molecule has 0 unspecified atom stereocenters. The molecule has 6 heteroatoms. The lowest BCUT2D eigenvalue weighted by Crippen LogP contribution is -2.39. The summed E-state index contributed by atoms with van der Waals surface area (Å²) in [6, 6.07) is 7.86. The second-order valence-corrected chi connectivity index (χ2v) is 6.72. The molecule has 2 rings (SSSR count). The van der Waals surface area contributed by atoms with Crippen LogP contribution in [0.4, 0.5) is 0 Å². The number of aryl methyl sites for hydroxylation is 1. The van der Waals surface area contributed by atoms with E-state index in [1.807, 2.05) is 24.3 Å². The van der Waals surface area contributed by atoms with E-state index in [0.29, 0.717) is 19.6 Å². The maximum absolute atomic E-state index is 11.9. The van der Waals surface area contributed by atoms with Gasteiger partial charge in [-0.25, -0.2) is 4.72 Å².